The summed E-state index contributed by atoms with van der Waals surface area (Å²) in [6.45, 7) is 9.65. The van der Waals surface area contributed by atoms with Gasteiger partial charge < -0.3 is 10.1 Å². The highest BCUT2D eigenvalue weighted by molar-refractivity contribution is 5.12. The topological polar surface area (TPSA) is 21.3 Å². The number of fused-ring (bicyclic) bond motifs is 2. The summed E-state index contributed by atoms with van der Waals surface area (Å²) < 4.78 is 5.27. The molecule has 1 N–H and O–H groups in total. The normalized spacial score (nSPS) is 41.7. The number of methoxy groups -OCH3 is 1. The molecule has 0 spiro atoms. The summed E-state index contributed by atoms with van der Waals surface area (Å²) in [5.74, 6) is 0.948. The molecule has 2 bridgehead atoms. The first kappa shape index (κ1) is 13.9. The van der Waals surface area contributed by atoms with E-state index in [1.54, 1.807) is 0 Å². The average molecular weight is 265 g/mol. The van der Waals surface area contributed by atoms with Crippen LogP contribution in [0, 0.1) is 22.2 Å². The number of hydrogen-bond donors (Lipinski definition) is 1. The summed E-state index contributed by atoms with van der Waals surface area (Å²) in [4.78, 5) is 0. The van der Waals surface area contributed by atoms with Crippen LogP contribution in [-0.2, 0) is 4.74 Å². The molecule has 3 aliphatic rings. The number of ether oxygens (including phenoxy) is 1. The van der Waals surface area contributed by atoms with Crippen LogP contribution in [0.15, 0.2) is 0 Å². The maximum absolute atomic E-state index is 5.27. The van der Waals surface area contributed by atoms with Crippen molar-refractivity contribution in [2.24, 2.45) is 22.2 Å². The SMILES string of the molecule is COCCC1(CNC2C(C)(C)[C@H]3CC[C@]2(C)C3)CC1. The van der Waals surface area contributed by atoms with Crippen molar-refractivity contribution in [3.05, 3.63) is 0 Å². The first-order chi connectivity index (χ1) is 8.92. The van der Waals surface area contributed by atoms with Crippen molar-refractivity contribution in [2.45, 2.75) is 65.3 Å². The highest BCUT2D eigenvalue weighted by Crippen LogP contribution is 2.62. The first-order valence-corrected chi connectivity index (χ1v) is 8.14. The van der Waals surface area contributed by atoms with Gasteiger partial charge in [0.2, 0.25) is 0 Å². The third-order valence-electron chi connectivity index (χ3n) is 6.74. The van der Waals surface area contributed by atoms with Gasteiger partial charge in [0, 0.05) is 26.3 Å². The smallest absolute Gasteiger partial charge is 0.0468 e. The Morgan fingerprint density at radius 1 is 1.16 bits per heavy atom. The van der Waals surface area contributed by atoms with Crippen LogP contribution in [0.3, 0.4) is 0 Å². The second kappa shape index (κ2) is 4.46. The molecule has 0 saturated heterocycles. The molecule has 0 aromatic carbocycles. The Morgan fingerprint density at radius 3 is 2.42 bits per heavy atom. The fourth-order valence-electron chi connectivity index (χ4n) is 5.14. The molecule has 0 aromatic rings. The average Bonchev–Trinajstić information content (AvgIpc) is 2.95. The summed E-state index contributed by atoms with van der Waals surface area (Å²) in [5.41, 5.74) is 1.63. The molecule has 2 nitrogen and oxygen atoms in total. The summed E-state index contributed by atoms with van der Waals surface area (Å²) in [6, 6.07) is 0.721. The van der Waals surface area contributed by atoms with Gasteiger partial charge >= 0.3 is 0 Å². The van der Waals surface area contributed by atoms with Crippen molar-refractivity contribution >= 4 is 0 Å². The van der Waals surface area contributed by atoms with E-state index in [1.807, 2.05) is 7.11 Å². The molecular formula is C17H31NO. The minimum Gasteiger partial charge on any atom is -0.385 e. The van der Waals surface area contributed by atoms with E-state index in [4.69, 9.17) is 4.74 Å². The van der Waals surface area contributed by atoms with Crippen molar-refractivity contribution in [3.8, 4) is 0 Å². The maximum Gasteiger partial charge on any atom is 0.0468 e. The standard InChI is InChI=1S/C17H31NO/c1-15(2)13-5-6-16(3,11-13)14(15)18-12-17(7-8-17)9-10-19-4/h13-14,18H,5-12H2,1-4H3/t13-,14?,16+/m0/s1. The van der Waals surface area contributed by atoms with Crippen molar-refractivity contribution < 1.29 is 4.74 Å². The Morgan fingerprint density at radius 2 is 1.89 bits per heavy atom. The molecule has 1 unspecified atom stereocenters. The minimum atomic E-state index is 0.490. The Bertz CT molecular complexity index is 342. The molecule has 3 atom stereocenters. The van der Waals surface area contributed by atoms with Crippen molar-refractivity contribution in [3.63, 3.8) is 0 Å². The zero-order valence-electron chi connectivity index (χ0n) is 13.2. The van der Waals surface area contributed by atoms with Gasteiger partial charge in [-0.1, -0.05) is 20.8 Å². The largest absolute Gasteiger partial charge is 0.385 e. The lowest BCUT2D eigenvalue weighted by atomic mass is 9.68. The second-order valence-electron chi connectivity index (χ2n) is 8.47. The first-order valence-electron chi connectivity index (χ1n) is 8.14. The van der Waals surface area contributed by atoms with Crippen molar-refractivity contribution in [1.82, 2.24) is 5.32 Å². The van der Waals surface area contributed by atoms with Gasteiger partial charge in [0.1, 0.15) is 0 Å². The van der Waals surface area contributed by atoms with E-state index in [1.165, 1.54) is 45.1 Å². The van der Waals surface area contributed by atoms with Gasteiger partial charge in [0.05, 0.1) is 0 Å². The number of hydrogen-bond acceptors (Lipinski definition) is 2. The highest BCUT2D eigenvalue weighted by Gasteiger charge is 2.59. The van der Waals surface area contributed by atoms with E-state index < -0.39 is 0 Å². The maximum atomic E-state index is 5.27. The molecule has 3 saturated carbocycles. The van der Waals surface area contributed by atoms with Gasteiger partial charge in [-0.05, 0) is 60.7 Å². The molecule has 3 rings (SSSR count). The third-order valence-corrected chi connectivity index (χ3v) is 6.74. The Hall–Kier alpha value is -0.0800. The van der Waals surface area contributed by atoms with Gasteiger partial charge in [-0.3, -0.25) is 0 Å². The quantitative estimate of drug-likeness (QED) is 0.792. The minimum absolute atomic E-state index is 0.490. The molecule has 0 heterocycles. The molecule has 0 aliphatic heterocycles. The van der Waals surface area contributed by atoms with E-state index in [-0.39, 0.29) is 0 Å². The van der Waals surface area contributed by atoms with Crippen LogP contribution in [-0.4, -0.2) is 26.3 Å². The van der Waals surface area contributed by atoms with Crippen molar-refractivity contribution in [2.75, 3.05) is 20.3 Å². The summed E-state index contributed by atoms with van der Waals surface area (Å²) >= 11 is 0. The van der Waals surface area contributed by atoms with Crippen molar-refractivity contribution in [1.29, 1.82) is 0 Å². The Kier molecular flexibility index (Phi) is 3.26. The summed E-state index contributed by atoms with van der Waals surface area (Å²) in [7, 11) is 1.82. The molecule has 3 aliphatic carbocycles. The van der Waals surface area contributed by atoms with Crippen LogP contribution >= 0.6 is 0 Å². The van der Waals surface area contributed by atoms with Crippen LogP contribution in [0.2, 0.25) is 0 Å². The summed E-state index contributed by atoms with van der Waals surface area (Å²) in [6.07, 6.45) is 8.38. The fourth-order valence-corrected chi connectivity index (χ4v) is 5.14. The number of nitrogens with one attached hydrogen (secondary N) is 1. The van der Waals surface area contributed by atoms with Crippen LogP contribution in [0.1, 0.15) is 59.3 Å². The lowest BCUT2D eigenvalue weighted by Gasteiger charge is -2.44. The Labute approximate surface area is 118 Å². The molecule has 0 amide bonds. The second-order valence-corrected chi connectivity index (χ2v) is 8.47. The fraction of sp³-hybridized carbons (Fsp3) is 1.00. The van der Waals surface area contributed by atoms with Crippen LogP contribution in [0.4, 0.5) is 0 Å². The molecule has 110 valence electrons. The van der Waals surface area contributed by atoms with E-state index >= 15 is 0 Å². The van der Waals surface area contributed by atoms with Crippen LogP contribution in [0.25, 0.3) is 0 Å². The molecule has 0 radical (unpaired) electrons. The molecule has 3 fully saturated rings. The Balaban J connectivity index is 1.61. The van der Waals surface area contributed by atoms with Crippen LogP contribution in [0.5, 0.6) is 0 Å². The third kappa shape index (κ3) is 2.25. The van der Waals surface area contributed by atoms with Crippen LogP contribution < -0.4 is 5.32 Å². The van der Waals surface area contributed by atoms with E-state index in [0.29, 0.717) is 16.2 Å². The van der Waals surface area contributed by atoms with E-state index in [0.717, 1.165) is 18.6 Å². The van der Waals surface area contributed by atoms with Gasteiger partial charge in [-0.25, -0.2) is 0 Å². The molecule has 2 heteroatoms. The van der Waals surface area contributed by atoms with E-state index in [2.05, 4.69) is 26.1 Å². The lowest BCUT2D eigenvalue weighted by Crippen LogP contribution is -2.51. The molecule has 19 heavy (non-hydrogen) atoms. The van der Waals surface area contributed by atoms with Gasteiger partial charge in [-0.2, -0.15) is 0 Å². The zero-order chi connectivity index (χ0) is 13.7. The lowest BCUT2D eigenvalue weighted by molar-refractivity contribution is 0.0993. The molecule has 0 aromatic heterocycles. The zero-order valence-corrected chi connectivity index (χ0v) is 13.2. The van der Waals surface area contributed by atoms with Gasteiger partial charge in [0.15, 0.2) is 0 Å². The predicted molar refractivity (Wildman–Crippen MR) is 79.2 cm³/mol. The highest BCUT2D eigenvalue weighted by atomic mass is 16.5. The summed E-state index contributed by atoms with van der Waals surface area (Å²) in [5, 5.41) is 4.00. The monoisotopic (exact) mass is 265 g/mol. The number of rotatable bonds is 6. The predicted octanol–water partition coefficient (Wildman–Crippen LogP) is 3.61. The van der Waals surface area contributed by atoms with E-state index in [9.17, 15) is 0 Å². The van der Waals surface area contributed by atoms with Gasteiger partial charge in [0.25, 0.3) is 0 Å². The van der Waals surface area contributed by atoms with Gasteiger partial charge in [-0.15, -0.1) is 0 Å². The molecular weight excluding hydrogens is 234 g/mol.